The van der Waals surface area contributed by atoms with Gasteiger partial charge < -0.3 is 4.90 Å². The van der Waals surface area contributed by atoms with E-state index >= 15 is 0 Å². The van der Waals surface area contributed by atoms with Crippen molar-refractivity contribution in [1.82, 2.24) is 24.6 Å². The van der Waals surface area contributed by atoms with Gasteiger partial charge in [-0.1, -0.05) is 19.9 Å². The number of para-hydroxylation sites is 1. The monoisotopic (exact) mass is 426 g/mol. The van der Waals surface area contributed by atoms with Crippen molar-refractivity contribution in [2.75, 3.05) is 19.6 Å². The predicted octanol–water partition coefficient (Wildman–Crippen LogP) is 4.82. The summed E-state index contributed by atoms with van der Waals surface area (Å²) < 4.78 is 3.12. The van der Waals surface area contributed by atoms with Gasteiger partial charge in [-0.3, -0.25) is 9.67 Å². The molecule has 1 aromatic carbocycles. The summed E-state index contributed by atoms with van der Waals surface area (Å²) in [4.78, 5) is 12.0. The highest BCUT2D eigenvalue weighted by molar-refractivity contribution is 9.10. The van der Waals surface area contributed by atoms with Crippen LogP contribution in [0.25, 0.3) is 22.3 Å². The number of aryl methyl sites for hydroxylation is 1. The third-order valence-corrected chi connectivity index (χ3v) is 5.83. The molecule has 141 valence electrons. The molecule has 3 heterocycles. The average Bonchev–Trinajstić information content (AvgIpc) is 3.04. The zero-order chi connectivity index (χ0) is 19.0. The molecule has 0 atom stereocenters. The number of piperidine rings is 1. The van der Waals surface area contributed by atoms with Crippen molar-refractivity contribution in [2.45, 2.75) is 39.7 Å². The molecule has 2 aromatic heterocycles. The van der Waals surface area contributed by atoms with E-state index in [1.54, 1.807) is 0 Å². The fourth-order valence-electron chi connectivity index (χ4n) is 3.84. The number of hydrogen-bond acceptors (Lipinski definition) is 4. The minimum Gasteiger partial charge on any atom is -0.303 e. The van der Waals surface area contributed by atoms with Gasteiger partial charge in [0, 0.05) is 35.9 Å². The quantitative estimate of drug-likeness (QED) is 0.599. The lowest BCUT2D eigenvalue weighted by Gasteiger charge is -2.32. The third kappa shape index (κ3) is 3.92. The smallest absolute Gasteiger partial charge is 0.104 e. The SMILES string of the molecule is C[C](C)CN1CCC(n2cc(-c3cnc4cccc(Br)c4n3)c(C)n2)CC1. The predicted molar refractivity (Wildman–Crippen MR) is 112 cm³/mol. The van der Waals surface area contributed by atoms with E-state index in [9.17, 15) is 0 Å². The molecule has 0 aliphatic carbocycles. The highest BCUT2D eigenvalue weighted by Gasteiger charge is 2.23. The Labute approximate surface area is 168 Å². The number of aromatic nitrogens is 4. The van der Waals surface area contributed by atoms with Crippen LogP contribution in [0.3, 0.4) is 0 Å². The molecule has 5 nitrogen and oxygen atoms in total. The van der Waals surface area contributed by atoms with E-state index in [1.807, 2.05) is 24.4 Å². The first kappa shape index (κ1) is 18.6. The molecule has 3 aromatic rings. The summed E-state index contributed by atoms with van der Waals surface area (Å²) in [7, 11) is 0. The maximum Gasteiger partial charge on any atom is 0.104 e. The van der Waals surface area contributed by atoms with Crippen LogP contribution < -0.4 is 0 Å². The lowest BCUT2D eigenvalue weighted by molar-refractivity contribution is 0.185. The van der Waals surface area contributed by atoms with Crippen LogP contribution in [0.4, 0.5) is 0 Å². The van der Waals surface area contributed by atoms with Crippen molar-refractivity contribution in [1.29, 1.82) is 0 Å². The molecular weight excluding hydrogens is 402 g/mol. The zero-order valence-corrected chi connectivity index (χ0v) is 17.7. The van der Waals surface area contributed by atoms with Crippen LogP contribution in [0, 0.1) is 12.8 Å². The van der Waals surface area contributed by atoms with E-state index in [2.05, 4.69) is 57.5 Å². The number of halogens is 1. The van der Waals surface area contributed by atoms with Crippen LogP contribution >= 0.6 is 15.9 Å². The standard InChI is InChI=1S/C21H25BrN5/c1-14(2)12-26-9-7-16(8-10-26)27-13-17(15(3)25-27)20-11-23-19-6-4-5-18(22)21(19)24-20/h4-6,11,13,16H,7-10,12H2,1-3H3. The lowest BCUT2D eigenvalue weighted by Crippen LogP contribution is -2.36. The summed E-state index contributed by atoms with van der Waals surface area (Å²) >= 11 is 3.58. The molecule has 1 saturated heterocycles. The highest BCUT2D eigenvalue weighted by Crippen LogP contribution is 2.29. The fourth-order valence-corrected chi connectivity index (χ4v) is 4.28. The van der Waals surface area contributed by atoms with Gasteiger partial charge in [-0.25, -0.2) is 4.98 Å². The van der Waals surface area contributed by atoms with Gasteiger partial charge in [-0.05, 0) is 53.7 Å². The molecule has 27 heavy (non-hydrogen) atoms. The molecule has 0 saturated carbocycles. The van der Waals surface area contributed by atoms with Crippen LogP contribution in [0.5, 0.6) is 0 Å². The van der Waals surface area contributed by atoms with Crippen molar-refractivity contribution in [2.24, 2.45) is 0 Å². The van der Waals surface area contributed by atoms with Crippen LogP contribution in [0.1, 0.15) is 38.4 Å². The molecule has 0 bridgehead atoms. The second-order valence-corrected chi connectivity index (χ2v) is 8.54. The Kier molecular flexibility index (Phi) is 5.28. The van der Waals surface area contributed by atoms with E-state index < -0.39 is 0 Å². The van der Waals surface area contributed by atoms with Crippen molar-refractivity contribution < 1.29 is 0 Å². The van der Waals surface area contributed by atoms with Gasteiger partial charge in [0.1, 0.15) is 5.52 Å². The Morgan fingerprint density at radius 3 is 2.74 bits per heavy atom. The molecule has 1 fully saturated rings. The van der Waals surface area contributed by atoms with Gasteiger partial charge in [0.2, 0.25) is 0 Å². The Balaban J connectivity index is 1.56. The molecule has 0 amide bonds. The van der Waals surface area contributed by atoms with Gasteiger partial charge in [0.05, 0.1) is 29.1 Å². The largest absolute Gasteiger partial charge is 0.303 e. The summed E-state index contributed by atoms with van der Waals surface area (Å²) in [5.41, 5.74) is 4.75. The van der Waals surface area contributed by atoms with Gasteiger partial charge in [0.15, 0.2) is 0 Å². The minimum absolute atomic E-state index is 0.464. The molecule has 1 radical (unpaired) electrons. The van der Waals surface area contributed by atoms with Crippen molar-refractivity contribution in [3.8, 4) is 11.3 Å². The molecular formula is C21H25BrN5. The van der Waals surface area contributed by atoms with E-state index in [4.69, 9.17) is 10.1 Å². The molecule has 1 aliphatic rings. The van der Waals surface area contributed by atoms with E-state index in [-0.39, 0.29) is 0 Å². The maximum atomic E-state index is 4.84. The average molecular weight is 427 g/mol. The molecule has 0 unspecified atom stereocenters. The first-order chi connectivity index (χ1) is 13.0. The summed E-state index contributed by atoms with van der Waals surface area (Å²) in [6, 6.07) is 6.43. The second-order valence-electron chi connectivity index (χ2n) is 7.69. The molecule has 0 N–H and O–H groups in total. The minimum atomic E-state index is 0.464. The zero-order valence-electron chi connectivity index (χ0n) is 16.1. The number of nitrogens with zero attached hydrogens (tertiary/aromatic N) is 5. The summed E-state index contributed by atoms with van der Waals surface area (Å²) in [5.74, 6) is 1.48. The van der Waals surface area contributed by atoms with Crippen molar-refractivity contribution >= 4 is 27.0 Å². The number of likely N-dealkylation sites (tertiary alicyclic amines) is 1. The number of rotatable bonds is 4. The molecule has 0 spiro atoms. The molecule has 1 aliphatic heterocycles. The Morgan fingerprint density at radius 2 is 2.00 bits per heavy atom. The van der Waals surface area contributed by atoms with Crippen LogP contribution in [0.15, 0.2) is 35.1 Å². The highest BCUT2D eigenvalue weighted by atomic mass is 79.9. The second kappa shape index (κ2) is 7.68. The number of fused-ring (bicyclic) bond motifs is 1. The number of benzene rings is 1. The Morgan fingerprint density at radius 1 is 1.22 bits per heavy atom. The normalized spacial score (nSPS) is 16.5. The Hall–Kier alpha value is -1.79. The van der Waals surface area contributed by atoms with Gasteiger partial charge in [-0.15, -0.1) is 0 Å². The summed E-state index contributed by atoms with van der Waals surface area (Å²) in [6.45, 7) is 9.84. The summed E-state index contributed by atoms with van der Waals surface area (Å²) in [6.07, 6.45) is 6.29. The topological polar surface area (TPSA) is 46.8 Å². The van der Waals surface area contributed by atoms with E-state index in [0.29, 0.717) is 6.04 Å². The fraction of sp³-hybridized carbons (Fsp3) is 0.429. The maximum absolute atomic E-state index is 4.84. The van der Waals surface area contributed by atoms with Gasteiger partial charge >= 0.3 is 0 Å². The van der Waals surface area contributed by atoms with Crippen LogP contribution in [-0.4, -0.2) is 44.3 Å². The van der Waals surface area contributed by atoms with E-state index in [1.165, 1.54) is 5.92 Å². The van der Waals surface area contributed by atoms with Crippen molar-refractivity contribution in [3.05, 3.63) is 46.7 Å². The lowest BCUT2D eigenvalue weighted by atomic mass is 10.0. The van der Waals surface area contributed by atoms with Crippen molar-refractivity contribution in [3.63, 3.8) is 0 Å². The molecule has 4 rings (SSSR count). The van der Waals surface area contributed by atoms with Gasteiger partial charge in [-0.2, -0.15) is 5.10 Å². The van der Waals surface area contributed by atoms with Gasteiger partial charge in [0.25, 0.3) is 0 Å². The summed E-state index contributed by atoms with van der Waals surface area (Å²) in [5, 5.41) is 4.81. The van der Waals surface area contributed by atoms with Crippen LogP contribution in [-0.2, 0) is 0 Å². The van der Waals surface area contributed by atoms with E-state index in [0.717, 1.165) is 64.9 Å². The first-order valence-corrected chi connectivity index (χ1v) is 10.3. The Bertz CT molecular complexity index is 941. The first-order valence-electron chi connectivity index (χ1n) is 9.50. The van der Waals surface area contributed by atoms with Crippen LogP contribution in [0.2, 0.25) is 0 Å². The number of hydrogen-bond donors (Lipinski definition) is 0. The third-order valence-electron chi connectivity index (χ3n) is 5.19. The molecule has 6 heteroatoms.